The molecule has 0 bridgehead atoms. The van der Waals surface area contributed by atoms with E-state index in [4.69, 9.17) is 4.74 Å². The van der Waals surface area contributed by atoms with Crippen LogP contribution in [0.25, 0.3) is 10.8 Å². The van der Waals surface area contributed by atoms with Crippen LogP contribution in [0.15, 0.2) is 24.3 Å². The number of ether oxygens (including phenoxy) is 1. The van der Waals surface area contributed by atoms with Crippen LogP contribution in [-0.4, -0.2) is 43.5 Å². The second kappa shape index (κ2) is 11.8. The van der Waals surface area contributed by atoms with Crippen molar-refractivity contribution < 1.29 is 69.3 Å². The Morgan fingerprint density at radius 1 is 1.31 bits per heavy atom. The first-order valence-electron chi connectivity index (χ1n) is 10.4. The zero-order valence-corrected chi connectivity index (χ0v) is 23.4. The molecule has 8 nitrogen and oxygen atoms in total. The van der Waals surface area contributed by atoms with Gasteiger partial charge in [0.2, 0.25) is 0 Å². The second-order valence-corrected chi connectivity index (χ2v) is 9.35. The van der Waals surface area contributed by atoms with E-state index in [2.05, 4.69) is 20.8 Å². The summed E-state index contributed by atoms with van der Waals surface area (Å²) in [6.07, 6.45) is 5.88. The third-order valence-electron chi connectivity index (χ3n) is 5.31. The van der Waals surface area contributed by atoms with Gasteiger partial charge in [-0.05, 0) is 43.5 Å². The van der Waals surface area contributed by atoms with Gasteiger partial charge in [-0.15, -0.1) is 0 Å². The molecule has 32 heavy (non-hydrogen) atoms. The minimum absolute atomic E-state index is 0. The molecule has 168 valence electrons. The fraction of sp³-hybridized carbons (Fsp3) is 0.455. The number of benzene rings is 1. The Morgan fingerprint density at radius 2 is 2.06 bits per heavy atom. The number of amides is 1. The molecule has 0 N–H and O–H groups in total. The van der Waals surface area contributed by atoms with Crippen LogP contribution in [0.2, 0.25) is 0 Å². The van der Waals surface area contributed by atoms with Gasteiger partial charge in [0.1, 0.15) is 11.6 Å². The molecule has 0 saturated heterocycles. The molecular formula is C22H29KN4O4S. The fourth-order valence-electron chi connectivity index (χ4n) is 3.79. The zero-order valence-electron chi connectivity index (χ0n) is 19.5. The minimum Gasteiger partial charge on any atom is -0.542 e. The molecule has 3 rings (SSSR count). The van der Waals surface area contributed by atoms with Gasteiger partial charge in [0.05, 0.1) is 28.7 Å². The molecule has 0 aliphatic carbocycles. The van der Waals surface area contributed by atoms with Crippen LogP contribution in [0.5, 0.6) is 5.75 Å². The van der Waals surface area contributed by atoms with Gasteiger partial charge in [-0.25, -0.2) is 8.42 Å². The summed E-state index contributed by atoms with van der Waals surface area (Å²) in [5, 5.41) is 4.51. The molecule has 1 aliphatic heterocycles. The molecule has 0 unspecified atom stereocenters. The molecule has 2 aromatic rings. The fourth-order valence-corrected chi connectivity index (χ4v) is 4.78. The van der Waals surface area contributed by atoms with Crippen molar-refractivity contribution in [1.82, 2.24) is 9.78 Å². The molecular weight excluding hydrogens is 455 g/mol. The second-order valence-electron chi connectivity index (χ2n) is 7.60. The first-order valence-corrected chi connectivity index (χ1v) is 12.0. The van der Waals surface area contributed by atoms with Crippen LogP contribution in [0.4, 0.5) is 11.5 Å². The SMILES string of the molecule is CCCCCS(=O)(=O)[N-]C(=O)/C=C/c1c(C)nn(C)c1N1CCc2ccc(OC)cc21.[K+]. The number of carbonyl (C=O) groups is 1. The Morgan fingerprint density at radius 3 is 2.75 bits per heavy atom. The predicted octanol–water partition coefficient (Wildman–Crippen LogP) is 0.869. The number of anilines is 2. The minimum atomic E-state index is -3.76. The van der Waals surface area contributed by atoms with Gasteiger partial charge in [0.15, 0.2) is 0 Å². The quantitative estimate of drug-likeness (QED) is 0.298. The monoisotopic (exact) mass is 484 g/mol. The van der Waals surface area contributed by atoms with Gasteiger partial charge in [0.25, 0.3) is 0 Å². The van der Waals surface area contributed by atoms with E-state index in [0.29, 0.717) is 6.42 Å². The maximum Gasteiger partial charge on any atom is 1.00 e. The maximum atomic E-state index is 12.2. The van der Waals surface area contributed by atoms with Crippen molar-refractivity contribution >= 4 is 33.5 Å². The summed E-state index contributed by atoms with van der Waals surface area (Å²) in [4.78, 5) is 14.3. The van der Waals surface area contributed by atoms with Crippen molar-refractivity contribution in [2.45, 2.75) is 39.5 Å². The number of sulfonamides is 1. The number of hydrogen-bond donors (Lipinski definition) is 0. The average molecular weight is 485 g/mol. The number of carbonyl (C=O) groups excluding carboxylic acids is 1. The molecule has 0 fully saturated rings. The van der Waals surface area contributed by atoms with Gasteiger partial charge in [0, 0.05) is 36.7 Å². The average Bonchev–Trinajstić information content (AvgIpc) is 3.24. The largest absolute Gasteiger partial charge is 1.00 e. The third-order valence-corrected chi connectivity index (χ3v) is 6.57. The molecule has 1 aromatic carbocycles. The molecule has 1 aromatic heterocycles. The number of aryl methyl sites for hydroxylation is 2. The molecule has 0 atom stereocenters. The summed E-state index contributed by atoms with van der Waals surface area (Å²) in [5.41, 5.74) is 3.74. The number of methoxy groups -OCH3 is 1. The van der Waals surface area contributed by atoms with Crippen molar-refractivity contribution in [3.63, 3.8) is 0 Å². The Labute approximate surface area is 232 Å². The maximum absolute atomic E-state index is 12.2. The zero-order chi connectivity index (χ0) is 22.6. The van der Waals surface area contributed by atoms with E-state index in [1.54, 1.807) is 17.9 Å². The van der Waals surface area contributed by atoms with Gasteiger partial charge in [-0.1, -0.05) is 25.8 Å². The van der Waals surface area contributed by atoms with Crippen molar-refractivity contribution in [2.75, 3.05) is 24.3 Å². The summed E-state index contributed by atoms with van der Waals surface area (Å²) < 4.78 is 34.6. The summed E-state index contributed by atoms with van der Waals surface area (Å²) in [7, 11) is -0.274. The Hall–Kier alpha value is -1.17. The van der Waals surface area contributed by atoms with Crippen LogP contribution in [-0.2, 0) is 28.3 Å². The number of nitrogens with zero attached hydrogens (tertiary/aromatic N) is 4. The molecule has 10 heteroatoms. The topological polar surface area (TPSA) is 95.6 Å². The third kappa shape index (κ3) is 6.45. The van der Waals surface area contributed by atoms with Crippen LogP contribution >= 0.6 is 0 Å². The standard InChI is InChI=1S/C22H30N4O4S.K/c1-5-6-7-14-31(28,29)24-21(27)11-10-19-16(2)23-25(3)22(19)26-13-12-17-8-9-18(30-4)15-20(17)26;/h8-11,15H,5-7,12-14H2,1-4H3,(H,24,27);/q;+1/p-1/b11-10+;. The summed E-state index contributed by atoms with van der Waals surface area (Å²) in [6, 6.07) is 5.99. The molecule has 2 heterocycles. The van der Waals surface area contributed by atoms with E-state index in [1.165, 1.54) is 11.6 Å². The van der Waals surface area contributed by atoms with Crippen LogP contribution in [0.3, 0.4) is 0 Å². The molecule has 0 spiro atoms. The van der Waals surface area contributed by atoms with Gasteiger partial charge < -0.3 is 19.2 Å². The van der Waals surface area contributed by atoms with Crippen LogP contribution in [0.1, 0.15) is 43.0 Å². The smallest absolute Gasteiger partial charge is 0.542 e. The normalized spacial score (nSPS) is 13.2. The van der Waals surface area contributed by atoms with Crippen molar-refractivity contribution in [1.29, 1.82) is 0 Å². The van der Waals surface area contributed by atoms with E-state index in [-0.39, 0.29) is 57.1 Å². The van der Waals surface area contributed by atoms with E-state index >= 15 is 0 Å². The molecule has 0 radical (unpaired) electrons. The molecule has 1 amide bonds. The number of unbranched alkanes of at least 4 members (excludes halogenated alkanes) is 2. The van der Waals surface area contributed by atoms with Gasteiger partial charge in [-0.3, -0.25) is 4.68 Å². The van der Waals surface area contributed by atoms with Crippen LogP contribution < -0.4 is 61.0 Å². The van der Waals surface area contributed by atoms with Gasteiger partial charge >= 0.3 is 51.4 Å². The van der Waals surface area contributed by atoms with Crippen molar-refractivity contribution in [3.8, 4) is 5.75 Å². The first kappa shape index (κ1) is 27.1. The summed E-state index contributed by atoms with van der Waals surface area (Å²) in [5.74, 6) is 0.710. The van der Waals surface area contributed by atoms with E-state index in [1.807, 2.05) is 33.0 Å². The van der Waals surface area contributed by atoms with Crippen molar-refractivity contribution in [2.24, 2.45) is 7.05 Å². The van der Waals surface area contributed by atoms with Gasteiger partial charge in [-0.2, -0.15) is 5.10 Å². The van der Waals surface area contributed by atoms with E-state index < -0.39 is 15.9 Å². The summed E-state index contributed by atoms with van der Waals surface area (Å²) >= 11 is 0. The Kier molecular flexibility index (Phi) is 9.99. The van der Waals surface area contributed by atoms with Crippen molar-refractivity contribution in [3.05, 3.63) is 45.8 Å². The van der Waals surface area contributed by atoms with E-state index in [0.717, 1.165) is 54.3 Å². The number of fused-ring (bicyclic) bond motifs is 1. The van der Waals surface area contributed by atoms with E-state index in [9.17, 15) is 13.2 Å². The molecule has 0 saturated carbocycles. The Balaban J connectivity index is 0.00000363. The first-order chi connectivity index (χ1) is 14.8. The number of rotatable bonds is 9. The van der Waals surface area contributed by atoms with Crippen LogP contribution in [0, 0.1) is 6.92 Å². The Bertz CT molecular complexity index is 1100. The number of aromatic nitrogens is 2. The molecule has 1 aliphatic rings. The predicted molar refractivity (Wildman–Crippen MR) is 122 cm³/mol. The summed E-state index contributed by atoms with van der Waals surface area (Å²) in [6.45, 7) is 4.61. The number of hydrogen-bond acceptors (Lipinski definition) is 6.